The third-order valence-corrected chi connectivity index (χ3v) is 9.68. The van der Waals surface area contributed by atoms with E-state index in [2.05, 4.69) is 6.92 Å². The maximum atomic E-state index is 12.9. The summed E-state index contributed by atoms with van der Waals surface area (Å²) in [5, 5.41) is 32.2. The van der Waals surface area contributed by atoms with Gasteiger partial charge in [0.1, 0.15) is 0 Å². The number of aliphatic hydroxyl groups is 2. The maximum absolute atomic E-state index is 12.9. The number of allylic oxidation sites excluding steroid dienone is 1. The van der Waals surface area contributed by atoms with Crippen LogP contribution in [0.3, 0.4) is 0 Å². The number of hydrogen-bond donors (Lipinski definition) is 3. The molecule has 0 heterocycles. The van der Waals surface area contributed by atoms with E-state index in [1.807, 2.05) is 6.92 Å². The lowest BCUT2D eigenvalue weighted by Crippen LogP contribution is -2.63. The van der Waals surface area contributed by atoms with Crippen molar-refractivity contribution >= 4 is 17.7 Å². The van der Waals surface area contributed by atoms with Gasteiger partial charge in [-0.05, 0) is 67.8 Å². The number of hydrogen-bond acceptors (Lipinski definition) is 6. The smallest absolute Gasteiger partial charge is 0.309 e. The molecule has 0 bridgehead atoms. The number of rotatable bonds is 4. The molecule has 0 saturated heterocycles. The third kappa shape index (κ3) is 3.10. The number of esters is 1. The summed E-state index contributed by atoms with van der Waals surface area (Å²) in [5.74, 6) is -1.84. The lowest BCUT2D eigenvalue weighted by atomic mass is 9.43. The van der Waals surface area contributed by atoms with Crippen molar-refractivity contribution in [2.24, 2.45) is 34.5 Å². The zero-order chi connectivity index (χ0) is 22.8. The van der Waals surface area contributed by atoms with E-state index in [1.165, 1.54) is 7.11 Å². The first-order valence-electron chi connectivity index (χ1n) is 11.4. The number of carbonyl (C=O) groups is 3. The number of fused-ring (bicyclic) bond motifs is 5. The quantitative estimate of drug-likeness (QED) is 0.581. The van der Waals surface area contributed by atoms with Crippen LogP contribution < -0.4 is 0 Å². The topological polar surface area (TPSA) is 121 Å². The molecule has 172 valence electrons. The molecule has 31 heavy (non-hydrogen) atoms. The second-order valence-corrected chi connectivity index (χ2v) is 10.7. The molecule has 7 heteroatoms. The van der Waals surface area contributed by atoms with E-state index in [9.17, 15) is 29.7 Å². The monoisotopic (exact) mass is 434 g/mol. The van der Waals surface area contributed by atoms with Crippen molar-refractivity contribution in [2.45, 2.75) is 76.9 Å². The number of carboxylic acid groups (broad SMARTS) is 1. The van der Waals surface area contributed by atoms with E-state index in [4.69, 9.17) is 4.74 Å². The van der Waals surface area contributed by atoms with Crippen LogP contribution in [0.2, 0.25) is 0 Å². The fourth-order valence-corrected chi connectivity index (χ4v) is 7.79. The van der Waals surface area contributed by atoms with Gasteiger partial charge < -0.3 is 20.1 Å². The first-order valence-corrected chi connectivity index (χ1v) is 11.4. The number of aliphatic carboxylic acids is 1. The summed E-state index contributed by atoms with van der Waals surface area (Å²) >= 11 is 0. The fourth-order valence-electron chi connectivity index (χ4n) is 7.79. The van der Waals surface area contributed by atoms with E-state index in [-0.39, 0.29) is 47.8 Å². The highest BCUT2D eigenvalue weighted by Gasteiger charge is 2.69. The van der Waals surface area contributed by atoms with Crippen molar-refractivity contribution in [1.82, 2.24) is 0 Å². The number of ether oxygens (including phenoxy) is 1. The average molecular weight is 435 g/mol. The molecule has 3 N–H and O–H groups in total. The molecular weight excluding hydrogens is 400 g/mol. The van der Waals surface area contributed by atoms with Crippen LogP contribution in [-0.2, 0) is 19.1 Å². The molecule has 4 rings (SSSR count). The fraction of sp³-hybridized carbons (Fsp3) is 0.792. The molecule has 0 aromatic carbocycles. The van der Waals surface area contributed by atoms with Gasteiger partial charge in [-0.2, -0.15) is 0 Å². The van der Waals surface area contributed by atoms with Gasteiger partial charge in [0.2, 0.25) is 0 Å². The van der Waals surface area contributed by atoms with Gasteiger partial charge in [0, 0.05) is 18.3 Å². The maximum Gasteiger partial charge on any atom is 0.309 e. The molecule has 3 saturated carbocycles. The van der Waals surface area contributed by atoms with Gasteiger partial charge in [-0.25, -0.2) is 0 Å². The highest BCUT2D eigenvalue weighted by Crippen LogP contribution is 2.69. The van der Waals surface area contributed by atoms with Crippen molar-refractivity contribution in [2.75, 3.05) is 7.11 Å². The predicted octanol–water partition coefficient (Wildman–Crippen LogP) is 2.48. The van der Waals surface area contributed by atoms with Gasteiger partial charge in [0.15, 0.2) is 5.78 Å². The van der Waals surface area contributed by atoms with Crippen LogP contribution in [-0.4, -0.2) is 51.9 Å². The first-order chi connectivity index (χ1) is 14.5. The van der Waals surface area contributed by atoms with E-state index in [0.717, 1.165) is 5.57 Å². The van der Waals surface area contributed by atoms with Gasteiger partial charge >= 0.3 is 11.9 Å². The summed E-state index contributed by atoms with van der Waals surface area (Å²) < 4.78 is 5.16. The van der Waals surface area contributed by atoms with E-state index in [0.29, 0.717) is 38.5 Å². The summed E-state index contributed by atoms with van der Waals surface area (Å²) in [4.78, 5) is 36.3. The Morgan fingerprint density at radius 2 is 1.94 bits per heavy atom. The Hall–Kier alpha value is -1.73. The van der Waals surface area contributed by atoms with Crippen LogP contribution in [0.4, 0.5) is 0 Å². The minimum absolute atomic E-state index is 0.000372. The highest BCUT2D eigenvalue weighted by atomic mass is 16.5. The van der Waals surface area contributed by atoms with E-state index in [1.54, 1.807) is 6.08 Å². The molecule has 7 nitrogen and oxygen atoms in total. The zero-order valence-electron chi connectivity index (χ0n) is 18.6. The predicted molar refractivity (Wildman–Crippen MR) is 111 cm³/mol. The standard InChI is InChI=1S/C24H34O7/c1-22-7-4-14(25)10-13(22)11-15(21(29)31-3)20-16-5-8-24(30,9-6-19(27)28)23(16,2)18(26)12-17(20)22/h10,15-18,20,26,30H,4-9,11-12H2,1-3H3,(H,27,28)/t15-,16+,17+,18+,20+,22+,23-,24+/m1/s1. The minimum atomic E-state index is -1.29. The number of carboxylic acids is 1. The summed E-state index contributed by atoms with van der Waals surface area (Å²) in [6.45, 7) is 4.03. The molecule has 0 aliphatic heterocycles. The Morgan fingerprint density at radius 3 is 2.58 bits per heavy atom. The van der Waals surface area contributed by atoms with Crippen molar-refractivity contribution in [3.63, 3.8) is 0 Å². The molecule has 4 aliphatic rings. The van der Waals surface area contributed by atoms with Crippen molar-refractivity contribution in [3.8, 4) is 0 Å². The third-order valence-electron chi connectivity index (χ3n) is 9.68. The second-order valence-electron chi connectivity index (χ2n) is 10.7. The van der Waals surface area contributed by atoms with E-state index >= 15 is 0 Å². The molecule has 3 fully saturated rings. The Kier molecular flexibility index (Phi) is 5.37. The van der Waals surface area contributed by atoms with Gasteiger partial charge in [-0.15, -0.1) is 0 Å². The van der Waals surface area contributed by atoms with Gasteiger partial charge in [-0.3, -0.25) is 14.4 Å². The van der Waals surface area contributed by atoms with Crippen LogP contribution in [0.25, 0.3) is 0 Å². The van der Waals surface area contributed by atoms with Crippen LogP contribution in [0.5, 0.6) is 0 Å². The average Bonchev–Trinajstić information content (AvgIpc) is 2.99. The molecule has 0 spiro atoms. The molecule has 0 amide bonds. The SMILES string of the molecule is COC(=O)[C@@H]1CC2=CC(=O)CC[C@]2(C)[C@H]2C[C@H](O)[C@@]3(C)[C@@H](CC[C@]3(O)CCC(=O)O)[C@H]12. The molecule has 0 aromatic heterocycles. The summed E-state index contributed by atoms with van der Waals surface area (Å²) in [6.07, 6.45) is 3.91. The molecule has 0 aromatic rings. The molecule has 0 radical (unpaired) electrons. The zero-order valence-corrected chi connectivity index (χ0v) is 18.6. The van der Waals surface area contributed by atoms with Crippen LogP contribution in [0, 0.1) is 34.5 Å². The van der Waals surface area contributed by atoms with Crippen LogP contribution >= 0.6 is 0 Å². The molecular formula is C24H34O7. The minimum Gasteiger partial charge on any atom is -0.481 e. The first kappa shape index (κ1) is 22.5. The summed E-state index contributed by atoms with van der Waals surface area (Å²) in [5.41, 5.74) is -1.47. The number of ketones is 1. The number of carbonyl (C=O) groups excluding carboxylic acids is 2. The van der Waals surface area contributed by atoms with Crippen molar-refractivity contribution in [3.05, 3.63) is 11.6 Å². The lowest BCUT2D eigenvalue weighted by Gasteiger charge is -2.62. The number of methoxy groups -OCH3 is 1. The number of aliphatic hydroxyl groups excluding tert-OH is 1. The Balaban J connectivity index is 1.78. The molecule has 0 unspecified atom stereocenters. The van der Waals surface area contributed by atoms with E-state index < -0.39 is 29.0 Å². The Bertz CT molecular complexity index is 834. The van der Waals surface area contributed by atoms with Crippen LogP contribution in [0.15, 0.2) is 11.6 Å². The summed E-state index contributed by atoms with van der Waals surface area (Å²) in [6, 6.07) is 0. The van der Waals surface area contributed by atoms with Gasteiger partial charge in [-0.1, -0.05) is 19.4 Å². The summed E-state index contributed by atoms with van der Waals surface area (Å²) in [7, 11) is 1.38. The molecule has 4 aliphatic carbocycles. The highest BCUT2D eigenvalue weighted by molar-refractivity contribution is 5.92. The Labute approximate surface area is 182 Å². The second kappa shape index (κ2) is 7.41. The lowest BCUT2D eigenvalue weighted by molar-refractivity contribution is -0.204. The van der Waals surface area contributed by atoms with Gasteiger partial charge in [0.25, 0.3) is 0 Å². The van der Waals surface area contributed by atoms with Crippen molar-refractivity contribution < 1.29 is 34.4 Å². The normalized spacial score (nSPS) is 46.4. The van der Waals surface area contributed by atoms with Crippen molar-refractivity contribution in [1.29, 1.82) is 0 Å². The largest absolute Gasteiger partial charge is 0.481 e. The molecule has 8 atom stereocenters. The van der Waals surface area contributed by atoms with Gasteiger partial charge in [0.05, 0.1) is 24.7 Å². The van der Waals surface area contributed by atoms with Crippen LogP contribution in [0.1, 0.15) is 65.2 Å². The Morgan fingerprint density at radius 1 is 1.23 bits per heavy atom.